The van der Waals surface area contributed by atoms with Crippen molar-refractivity contribution in [3.8, 4) is 5.75 Å². The highest BCUT2D eigenvalue weighted by Crippen LogP contribution is 2.34. The van der Waals surface area contributed by atoms with E-state index in [1.807, 2.05) is 12.1 Å². The summed E-state index contributed by atoms with van der Waals surface area (Å²) in [5.74, 6) is 0.848. The summed E-state index contributed by atoms with van der Waals surface area (Å²) in [4.78, 5) is 10.5. The number of fused-ring (bicyclic) bond motifs is 3. The summed E-state index contributed by atoms with van der Waals surface area (Å²) >= 11 is 0. The average Bonchev–Trinajstić information content (AvgIpc) is 3.06. The third-order valence-electron chi connectivity index (χ3n) is 10.0. The monoisotopic (exact) mass is 596 g/mol. The number of unbranched alkanes of at least 4 members (excludes halogenated alkanes) is 1. The van der Waals surface area contributed by atoms with Gasteiger partial charge in [0.1, 0.15) is 11.6 Å². The van der Waals surface area contributed by atoms with Gasteiger partial charge in [-0.3, -0.25) is 14.7 Å². The normalized spacial score (nSPS) is 18.4. The fourth-order valence-electron chi connectivity index (χ4n) is 7.34. The molecule has 2 aliphatic heterocycles. The van der Waals surface area contributed by atoms with E-state index in [0.29, 0.717) is 12.1 Å². The van der Waals surface area contributed by atoms with E-state index in [9.17, 15) is 4.39 Å². The third-order valence-corrected chi connectivity index (χ3v) is 10.0. The maximum absolute atomic E-state index is 13.8. The molecule has 44 heavy (non-hydrogen) atoms. The second-order valence-corrected chi connectivity index (χ2v) is 13.0. The van der Waals surface area contributed by atoms with Gasteiger partial charge in [-0.1, -0.05) is 54.6 Å². The zero-order chi connectivity index (χ0) is 30.5. The minimum Gasteiger partial charge on any atom is -0.496 e. The molecule has 0 unspecified atom stereocenters. The Bertz CT molecular complexity index is 1510. The van der Waals surface area contributed by atoms with Crippen molar-refractivity contribution in [2.24, 2.45) is 0 Å². The predicted molar refractivity (Wildman–Crippen MR) is 181 cm³/mol. The van der Waals surface area contributed by atoms with E-state index in [-0.39, 0.29) is 5.82 Å². The minimum absolute atomic E-state index is 0.155. The standard InChI is InChI=1S/C38H49FN4O/c1-29(2)42-24-26-43(27-25-42)37(31-11-14-32(39)15-12-31)28-41-22-20-40(21-23-41)19-7-6-10-36-35-16-13-30-8-4-5-9-33(30)34(35)17-18-38(36)44-3/h4-5,8-9,11-18,29,37H,6-7,10,19-28H2,1-3H3/t37-/m1/s1. The number of hydrogen-bond acceptors (Lipinski definition) is 5. The molecule has 0 spiro atoms. The Morgan fingerprint density at radius 2 is 1.36 bits per heavy atom. The molecule has 0 amide bonds. The summed E-state index contributed by atoms with van der Waals surface area (Å²) in [5, 5.41) is 5.23. The van der Waals surface area contributed by atoms with Crippen LogP contribution in [0.4, 0.5) is 4.39 Å². The SMILES string of the molecule is COc1ccc2c(ccc3ccccc32)c1CCCCN1CCN(C[C@H](c2ccc(F)cc2)N2CCN(C(C)C)CC2)CC1. The largest absolute Gasteiger partial charge is 0.496 e. The number of methoxy groups -OCH3 is 1. The zero-order valence-corrected chi connectivity index (χ0v) is 26.9. The van der Waals surface area contributed by atoms with Crippen LogP contribution in [0.5, 0.6) is 5.75 Å². The van der Waals surface area contributed by atoms with Crippen LogP contribution in [0.1, 0.15) is 43.9 Å². The lowest BCUT2D eigenvalue weighted by Gasteiger charge is -2.43. The molecule has 4 aromatic rings. The van der Waals surface area contributed by atoms with Crippen LogP contribution in [0.25, 0.3) is 21.5 Å². The van der Waals surface area contributed by atoms with Crippen molar-refractivity contribution in [3.05, 3.63) is 89.7 Å². The number of hydrogen-bond donors (Lipinski definition) is 0. The van der Waals surface area contributed by atoms with Crippen LogP contribution in [0.2, 0.25) is 0 Å². The Morgan fingerprint density at radius 3 is 2.09 bits per heavy atom. The molecule has 4 aromatic carbocycles. The van der Waals surface area contributed by atoms with Crippen molar-refractivity contribution in [3.63, 3.8) is 0 Å². The van der Waals surface area contributed by atoms with Crippen molar-refractivity contribution in [2.75, 3.05) is 72.6 Å². The summed E-state index contributed by atoms with van der Waals surface area (Å²) in [6, 6.07) is 25.7. The summed E-state index contributed by atoms with van der Waals surface area (Å²) in [6.45, 7) is 15.5. The van der Waals surface area contributed by atoms with E-state index in [1.165, 1.54) is 39.1 Å². The molecule has 6 rings (SSSR count). The maximum Gasteiger partial charge on any atom is 0.123 e. The van der Waals surface area contributed by atoms with Crippen molar-refractivity contribution in [1.82, 2.24) is 19.6 Å². The summed E-state index contributed by atoms with van der Waals surface area (Å²) in [5.41, 5.74) is 2.57. The quantitative estimate of drug-likeness (QED) is 0.139. The lowest BCUT2D eigenvalue weighted by atomic mass is 9.95. The molecule has 0 aromatic heterocycles. The highest BCUT2D eigenvalue weighted by molar-refractivity contribution is 6.09. The first kappa shape index (κ1) is 31.0. The summed E-state index contributed by atoms with van der Waals surface area (Å²) < 4.78 is 19.6. The minimum atomic E-state index is -0.155. The molecule has 234 valence electrons. The van der Waals surface area contributed by atoms with Gasteiger partial charge in [-0.2, -0.15) is 0 Å². The topological polar surface area (TPSA) is 22.2 Å². The molecular formula is C38H49FN4O. The molecule has 0 saturated carbocycles. The Labute approximate surface area is 263 Å². The molecule has 0 aliphatic carbocycles. The van der Waals surface area contributed by atoms with E-state index in [0.717, 1.165) is 84.0 Å². The van der Waals surface area contributed by atoms with Crippen LogP contribution < -0.4 is 4.74 Å². The fraction of sp³-hybridized carbons (Fsp3) is 0.474. The molecule has 2 saturated heterocycles. The Hall–Kier alpha value is -3.03. The van der Waals surface area contributed by atoms with E-state index in [4.69, 9.17) is 4.74 Å². The Kier molecular flexibility index (Phi) is 10.1. The highest BCUT2D eigenvalue weighted by atomic mass is 19.1. The van der Waals surface area contributed by atoms with Gasteiger partial charge in [-0.15, -0.1) is 0 Å². The van der Waals surface area contributed by atoms with Crippen LogP contribution >= 0.6 is 0 Å². The second kappa shape index (κ2) is 14.4. The maximum atomic E-state index is 13.8. The van der Waals surface area contributed by atoms with Crippen molar-refractivity contribution in [2.45, 2.75) is 45.2 Å². The van der Waals surface area contributed by atoms with Gasteiger partial charge in [0.2, 0.25) is 0 Å². The Balaban J connectivity index is 1.02. The lowest BCUT2D eigenvalue weighted by Crippen LogP contribution is -2.53. The van der Waals surface area contributed by atoms with Gasteiger partial charge in [0.25, 0.3) is 0 Å². The van der Waals surface area contributed by atoms with Crippen LogP contribution in [0, 0.1) is 5.82 Å². The molecule has 0 N–H and O–H groups in total. The van der Waals surface area contributed by atoms with Crippen LogP contribution in [-0.4, -0.2) is 98.2 Å². The molecule has 0 radical (unpaired) electrons. The van der Waals surface area contributed by atoms with Crippen LogP contribution in [0.15, 0.2) is 72.8 Å². The fourth-order valence-corrected chi connectivity index (χ4v) is 7.34. The number of ether oxygens (including phenoxy) is 1. The number of benzene rings is 4. The lowest BCUT2D eigenvalue weighted by molar-refractivity contribution is 0.0480. The van der Waals surface area contributed by atoms with Crippen molar-refractivity contribution >= 4 is 21.5 Å². The van der Waals surface area contributed by atoms with Gasteiger partial charge < -0.3 is 9.64 Å². The van der Waals surface area contributed by atoms with Gasteiger partial charge in [-0.25, -0.2) is 4.39 Å². The predicted octanol–water partition coefficient (Wildman–Crippen LogP) is 6.85. The Morgan fingerprint density at radius 1 is 0.682 bits per heavy atom. The number of aryl methyl sites for hydroxylation is 1. The smallest absolute Gasteiger partial charge is 0.123 e. The molecule has 2 aliphatic rings. The molecule has 5 nitrogen and oxygen atoms in total. The molecule has 6 heteroatoms. The molecule has 0 bridgehead atoms. The summed E-state index contributed by atoms with van der Waals surface area (Å²) in [7, 11) is 1.79. The first-order valence-electron chi connectivity index (χ1n) is 16.7. The van der Waals surface area contributed by atoms with Crippen molar-refractivity contribution < 1.29 is 9.13 Å². The molecule has 1 atom stereocenters. The average molecular weight is 597 g/mol. The van der Waals surface area contributed by atoms with E-state index in [1.54, 1.807) is 19.2 Å². The van der Waals surface area contributed by atoms with Gasteiger partial charge in [0.05, 0.1) is 7.11 Å². The number of rotatable bonds is 11. The molecule has 2 heterocycles. The first-order valence-corrected chi connectivity index (χ1v) is 16.7. The number of nitrogens with zero attached hydrogens (tertiary/aromatic N) is 4. The zero-order valence-electron chi connectivity index (χ0n) is 26.9. The highest BCUT2D eigenvalue weighted by Gasteiger charge is 2.29. The second-order valence-electron chi connectivity index (χ2n) is 13.0. The third kappa shape index (κ3) is 7.10. The summed E-state index contributed by atoms with van der Waals surface area (Å²) in [6.07, 6.45) is 3.37. The molecular weight excluding hydrogens is 547 g/mol. The molecule has 2 fully saturated rings. The van der Waals surface area contributed by atoms with Gasteiger partial charge in [0.15, 0.2) is 0 Å². The first-order chi connectivity index (χ1) is 21.5. The van der Waals surface area contributed by atoms with Crippen molar-refractivity contribution in [1.29, 1.82) is 0 Å². The van der Waals surface area contributed by atoms with E-state index < -0.39 is 0 Å². The number of piperazine rings is 2. The van der Waals surface area contributed by atoms with Gasteiger partial charge in [0, 0.05) is 76.5 Å². The van der Waals surface area contributed by atoms with Crippen LogP contribution in [-0.2, 0) is 6.42 Å². The van der Waals surface area contributed by atoms with Crippen LogP contribution in [0.3, 0.4) is 0 Å². The van der Waals surface area contributed by atoms with E-state index in [2.05, 4.69) is 82.0 Å². The van der Waals surface area contributed by atoms with Gasteiger partial charge in [-0.05, 0) is 85.0 Å². The van der Waals surface area contributed by atoms with E-state index >= 15 is 0 Å². The number of halogens is 1. The van der Waals surface area contributed by atoms with Gasteiger partial charge >= 0.3 is 0 Å².